The maximum atomic E-state index is 5.67. The van der Waals surface area contributed by atoms with Crippen molar-refractivity contribution in [3.05, 3.63) is 40.1 Å². The van der Waals surface area contributed by atoms with Crippen LogP contribution in [0.15, 0.2) is 23.2 Å². The van der Waals surface area contributed by atoms with Gasteiger partial charge < -0.3 is 9.30 Å². The Morgan fingerprint density at radius 3 is 3.15 bits per heavy atom. The third-order valence-electron chi connectivity index (χ3n) is 3.81. The van der Waals surface area contributed by atoms with Crippen LogP contribution < -0.4 is 0 Å². The third kappa shape index (κ3) is 2.80. The molecule has 0 radical (unpaired) electrons. The number of hydrogen-bond acceptors (Lipinski definition) is 4. The van der Waals surface area contributed by atoms with Gasteiger partial charge in [-0.05, 0) is 29.3 Å². The summed E-state index contributed by atoms with van der Waals surface area (Å²) in [5.41, 5.74) is 3.95. The molecule has 0 bridgehead atoms. The summed E-state index contributed by atoms with van der Waals surface area (Å²) >= 11 is 1.76. The van der Waals surface area contributed by atoms with E-state index in [1.165, 1.54) is 17.0 Å². The lowest BCUT2D eigenvalue weighted by Crippen LogP contribution is -2.35. The van der Waals surface area contributed by atoms with Gasteiger partial charge in [-0.25, -0.2) is 4.98 Å². The molecule has 1 atom stereocenters. The van der Waals surface area contributed by atoms with Gasteiger partial charge in [0.05, 0.1) is 18.6 Å². The number of imidazole rings is 1. The van der Waals surface area contributed by atoms with Crippen LogP contribution in [-0.2, 0) is 24.9 Å². The van der Waals surface area contributed by atoms with Gasteiger partial charge in [-0.1, -0.05) is 0 Å². The molecule has 0 spiro atoms. The molecule has 0 saturated carbocycles. The summed E-state index contributed by atoms with van der Waals surface area (Å²) in [4.78, 5) is 7.04. The number of aromatic nitrogens is 2. The highest BCUT2D eigenvalue weighted by molar-refractivity contribution is 7.07. The van der Waals surface area contributed by atoms with Gasteiger partial charge in [0.15, 0.2) is 0 Å². The molecule has 1 aliphatic rings. The van der Waals surface area contributed by atoms with Crippen LogP contribution in [0.1, 0.15) is 29.8 Å². The highest BCUT2D eigenvalue weighted by Gasteiger charge is 2.29. The van der Waals surface area contributed by atoms with Gasteiger partial charge in [0.2, 0.25) is 0 Å². The predicted octanol–water partition coefficient (Wildman–Crippen LogP) is 2.62. The smallest absolute Gasteiger partial charge is 0.0949 e. The van der Waals surface area contributed by atoms with E-state index in [0.29, 0.717) is 5.92 Å². The number of hydrogen-bond donors (Lipinski definition) is 0. The van der Waals surface area contributed by atoms with Gasteiger partial charge in [0.25, 0.3) is 0 Å². The van der Waals surface area contributed by atoms with Crippen LogP contribution in [0, 0.1) is 0 Å². The summed E-state index contributed by atoms with van der Waals surface area (Å²) in [7, 11) is 2.08. The SMILES string of the molecule is CCOC[C@H]1CN(Cc2ccsc2)Cc2ncn(C)c21. The lowest BCUT2D eigenvalue weighted by Gasteiger charge is -2.32. The van der Waals surface area contributed by atoms with Crippen LogP contribution in [0.2, 0.25) is 0 Å². The number of aryl methyl sites for hydroxylation is 1. The molecule has 0 aromatic carbocycles. The number of ether oxygens (including phenoxy) is 1. The van der Waals surface area contributed by atoms with E-state index in [9.17, 15) is 0 Å². The molecular weight excluding hydrogens is 270 g/mol. The van der Waals surface area contributed by atoms with Crippen LogP contribution in [-0.4, -0.2) is 34.2 Å². The molecule has 1 aliphatic heterocycles. The monoisotopic (exact) mass is 291 g/mol. The van der Waals surface area contributed by atoms with Gasteiger partial charge in [-0.2, -0.15) is 11.3 Å². The fraction of sp³-hybridized carbons (Fsp3) is 0.533. The van der Waals surface area contributed by atoms with Gasteiger partial charge in [-0.15, -0.1) is 0 Å². The molecular formula is C15H21N3OS. The summed E-state index contributed by atoms with van der Waals surface area (Å²) in [5.74, 6) is 0.421. The molecule has 20 heavy (non-hydrogen) atoms. The van der Waals surface area contributed by atoms with Gasteiger partial charge in [0.1, 0.15) is 0 Å². The topological polar surface area (TPSA) is 30.3 Å². The lowest BCUT2D eigenvalue weighted by molar-refractivity contribution is 0.102. The van der Waals surface area contributed by atoms with Crippen LogP contribution in [0.4, 0.5) is 0 Å². The zero-order chi connectivity index (χ0) is 13.9. The standard InChI is InChI=1S/C15H21N3OS/c1-3-19-9-13-7-18(6-12-4-5-20-10-12)8-14-15(13)17(2)11-16-14/h4-5,10-11,13H,3,6-9H2,1-2H3/t13-/m1/s1. The van der Waals surface area contributed by atoms with Gasteiger partial charge >= 0.3 is 0 Å². The Morgan fingerprint density at radius 2 is 2.40 bits per heavy atom. The number of nitrogens with zero attached hydrogens (tertiary/aromatic N) is 3. The molecule has 5 heteroatoms. The molecule has 108 valence electrons. The van der Waals surface area contributed by atoms with Crippen molar-refractivity contribution < 1.29 is 4.74 Å². The van der Waals surface area contributed by atoms with Crippen LogP contribution in [0.25, 0.3) is 0 Å². The number of thiophene rings is 1. The van der Waals surface area contributed by atoms with Crippen LogP contribution >= 0.6 is 11.3 Å². The van der Waals surface area contributed by atoms with E-state index in [4.69, 9.17) is 4.74 Å². The summed E-state index contributed by atoms with van der Waals surface area (Å²) in [5, 5.41) is 4.37. The molecule has 2 aromatic rings. The van der Waals surface area contributed by atoms with E-state index in [1.807, 2.05) is 6.33 Å². The van der Waals surface area contributed by atoms with E-state index >= 15 is 0 Å². The van der Waals surface area contributed by atoms with E-state index in [1.54, 1.807) is 11.3 Å². The number of fused-ring (bicyclic) bond motifs is 1. The molecule has 0 aliphatic carbocycles. The summed E-state index contributed by atoms with van der Waals surface area (Å²) < 4.78 is 7.83. The van der Waals surface area contributed by atoms with Crippen molar-refractivity contribution in [1.29, 1.82) is 0 Å². The predicted molar refractivity (Wildman–Crippen MR) is 80.9 cm³/mol. The van der Waals surface area contributed by atoms with E-state index < -0.39 is 0 Å². The molecule has 0 amide bonds. The maximum absolute atomic E-state index is 5.67. The highest BCUT2D eigenvalue weighted by atomic mass is 32.1. The molecule has 3 heterocycles. The van der Waals surface area contributed by atoms with Crippen molar-refractivity contribution in [3.63, 3.8) is 0 Å². The minimum absolute atomic E-state index is 0.421. The van der Waals surface area contributed by atoms with Crippen LogP contribution in [0.3, 0.4) is 0 Å². The zero-order valence-corrected chi connectivity index (χ0v) is 12.9. The Bertz CT molecular complexity index is 549. The Morgan fingerprint density at radius 1 is 1.50 bits per heavy atom. The van der Waals surface area contributed by atoms with E-state index in [-0.39, 0.29) is 0 Å². The van der Waals surface area contributed by atoms with Crippen molar-refractivity contribution in [3.8, 4) is 0 Å². The second-order valence-electron chi connectivity index (χ2n) is 5.35. The molecule has 0 N–H and O–H groups in total. The largest absolute Gasteiger partial charge is 0.381 e. The number of rotatable bonds is 5. The minimum Gasteiger partial charge on any atom is -0.381 e. The normalized spacial score (nSPS) is 19.2. The first-order valence-corrected chi connectivity index (χ1v) is 8.03. The molecule has 4 nitrogen and oxygen atoms in total. The van der Waals surface area contributed by atoms with E-state index in [0.717, 1.165) is 32.8 Å². The molecule has 0 saturated heterocycles. The summed E-state index contributed by atoms with van der Waals surface area (Å²) in [6, 6.07) is 2.20. The van der Waals surface area contributed by atoms with Crippen molar-refractivity contribution in [2.24, 2.45) is 7.05 Å². The Hall–Kier alpha value is -1.17. The summed E-state index contributed by atoms with van der Waals surface area (Å²) in [6.07, 6.45) is 1.93. The molecule has 0 fully saturated rings. The quantitative estimate of drug-likeness (QED) is 0.848. The fourth-order valence-electron chi connectivity index (χ4n) is 2.96. The summed E-state index contributed by atoms with van der Waals surface area (Å²) in [6.45, 7) is 6.59. The highest BCUT2D eigenvalue weighted by Crippen LogP contribution is 2.28. The zero-order valence-electron chi connectivity index (χ0n) is 12.1. The average molecular weight is 291 g/mol. The van der Waals surface area contributed by atoms with Crippen LogP contribution in [0.5, 0.6) is 0 Å². The molecule has 0 unspecified atom stereocenters. The van der Waals surface area contributed by atoms with E-state index in [2.05, 4.69) is 45.2 Å². The van der Waals surface area contributed by atoms with Gasteiger partial charge in [0, 0.05) is 44.9 Å². The molecule has 3 rings (SSSR count). The second kappa shape index (κ2) is 6.08. The van der Waals surface area contributed by atoms with Crippen molar-refractivity contribution in [2.75, 3.05) is 19.8 Å². The van der Waals surface area contributed by atoms with Crippen molar-refractivity contribution >= 4 is 11.3 Å². The van der Waals surface area contributed by atoms with Gasteiger partial charge in [-0.3, -0.25) is 4.90 Å². The first-order chi connectivity index (χ1) is 9.78. The minimum atomic E-state index is 0.421. The Labute approximate surface area is 124 Å². The lowest BCUT2D eigenvalue weighted by atomic mass is 9.98. The fourth-order valence-corrected chi connectivity index (χ4v) is 3.62. The van der Waals surface area contributed by atoms with Crippen molar-refractivity contribution in [2.45, 2.75) is 25.9 Å². The first-order valence-electron chi connectivity index (χ1n) is 7.09. The Kier molecular flexibility index (Phi) is 4.19. The first kappa shape index (κ1) is 13.8. The maximum Gasteiger partial charge on any atom is 0.0949 e. The van der Waals surface area contributed by atoms with Crippen molar-refractivity contribution in [1.82, 2.24) is 14.5 Å². The average Bonchev–Trinajstić information content (AvgIpc) is 3.07. The Balaban J connectivity index is 1.77. The molecule has 2 aromatic heterocycles. The third-order valence-corrected chi connectivity index (χ3v) is 4.54. The second-order valence-corrected chi connectivity index (χ2v) is 6.13.